The van der Waals surface area contributed by atoms with E-state index < -0.39 is 5.92 Å². The summed E-state index contributed by atoms with van der Waals surface area (Å²) in [5.41, 5.74) is 4.59. The molecule has 1 aromatic heterocycles. The van der Waals surface area contributed by atoms with Crippen LogP contribution in [0.1, 0.15) is 80.8 Å². The topological polar surface area (TPSA) is 50.6 Å². The highest BCUT2D eigenvalue weighted by Crippen LogP contribution is 2.45. The van der Waals surface area contributed by atoms with Gasteiger partial charge in [0.05, 0.1) is 17.0 Å². The Morgan fingerprint density at radius 2 is 1.59 bits per heavy atom. The summed E-state index contributed by atoms with van der Waals surface area (Å²) in [4.78, 5) is 26.5. The lowest BCUT2D eigenvalue weighted by Crippen LogP contribution is -2.48. The van der Waals surface area contributed by atoms with Crippen molar-refractivity contribution in [2.24, 2.45) is 0 Å². The maximum Gasteiger partial charge on any atom is 0.332 e. The predicted molar refractivity (Wildman–Crippen MR) is 171 cm³/mol. The van der Waals surface area contributed by atoms with Crippen molar-refractivity contribution >= 4 is 17.0 Å². The molecule has 4 aromatic rings. The summed E-state index contributed by atoms with van der Waals surface area (Å²) in [6.07, 6.45) is 7.93. The summed E-state index contributed by atoms with van der Waals surface area (Å²) >= 11 is 0. The number of benzene rings is 3. The van der Waals surface area contributed by atoms with Crippen LogP contribution >= 0.6 is 0 Å². The van der Waals surface area contributed by atoms with Crippen LogP contribution in [0.25, 0.3) is 11.0 Å². The average molecular weight is 595 g/mol. The lowest BCUT2D eigenvalue weighted by atomic mass is 9.70. The van der Waals surface area contributed by atoms with Crippen LogP contribution in [-0.4, -0.2) is 57.2 Å². The van der Waals surface area contributed by atoms with E-state index in [0.717, 1.165) is 42.7 Å². The maximum atomic E-state index is 13.4. The first-order valence-corrected chi connectivity index (χ1v) is 16.4. The molecule has 2 bridgehead atoms. The monoisotopic (exact) mass is 594 g/mol. The van der Waals surface area contributed by atoms with Gasteiger partial charge in [-0.25, -0.2) is 14.2 Å². The van der Waals surface area contributed by atoms with Crippen LogP contribution in [0.5, 0.6) is 0 Å². The molecule has 3 aliphatic rings. The van der Waals surface area contributed by atoms with Gasteiger partial charge < -0.3 is 9.40 Å². The van der Waals surface area contributed by atoms with Gasteiger partial charge in [-0.15, -0.1) is 5.06 Å². The number of aryl methyl sites for hydroxylation is 1. The quantitative estimate of drug-likeness (QED) is 0.214. The minimum atomic E-state index is -0.445. The number of hydrogen-bond donors (Lipinski definition) is 0. The highest BCUT2D eigenvalue weighted by atomic mass is 19.1. The number of piperidine rings is 2. The standard InChI is InChI=1S/C37H43FN4O2/c1-26(28-12-14-30(38)15-13-28)36(43)44-40-21-18-37(19-22-40,29-8-4-3-5-9-29)20-23-41-31-16-17-32(41)25-33(24-31)42-27(2)39-34-10-6-7-11-35(34)42/h3-15,26,31-33H,16-25H2,1-2H3. The Kier molecular flexibility index (Phi) is 8.02. The molecule has 7 heteroatoms. The van der Waals surface area contributed by atoms with Crippen LogP contribution in [0.15, 0.2) is 78.9 Å². The third kappa shape index (κ3) is 5.56. The summed E-state index contributed by atoms with van der Waals surface area (Å²) in [5, 5.41) is 1.84. The number of fused-ring (bicyclic) bond motifs is 3. The molecule has 0 spiro atoms. The fourth-order valence-electron chi connectivity index (χ4n) is 8.36. The molecule has 3 atom stereocenters. The summed E-state index contributed by atoms with van der Waals surface area (Å²) < 4.78 is 15.9. The van der Waals surface area contributed by atoms with Crippen LogP contribution in [0.4, 0.5) is 4.39 Å². The van der Waals surface area contributed by atoms with Gasteiger partial charge in [0.1, 0.15) is 11.6 Å². The normalized spacial score (nSPS) is 24.4. The second-order valence-corrected chi connectivity index (χ2v) is 13.3. The Morgan fingerprint density at radius 1 is 0.932 bits per heavy atom. The van der Waals surface area contributed by atoms with Gasteiger partial charge in [0, 0.05) is 31.2 Å². The molecule has 3 unspecified atom stereocenters. The van der Waals surface area contributed by atoms with E-state index in [1.807, 2.05) is 12.0 Å². The number of rotatable bonds is 8. The molecular weight excluding hydrogens is 551 g/mol. The summed E-state index contributed by atoms with van der Waals surface area (Å²) in [6.45, 7) is 6.49. The number of nitrogens with zero attached hydrogens (tertiary/aromatic N) is 4. The fraction of sp³-hybridized carbons (Fsp3) is 0.459. The van der Waals surface area contributed by atoms with E-state index in [4.69, 9.17) is 9.82 Å². The minimum absolute atomic E-state index is 0.0557. The summed E-state index contributed by atoms with van der Waals surface area (Å²) in [7, 11) is 0. The second-order valence-electron chi connectivity index (χ2n) is 13.3. The van der Waals surface area contributed by atoms with Gasteiger partial charge in [-0.3, -0.25) is 4.90 Å². The first-order valence-electron chi connectivity index (χ1n) is 16.4. The van der Waals surface area contributed by atoms with Crippen LogP contribution in [-0.2, 0) is 15.0 Å². The molecule has 0 amide bonds. The summed E-state index contributed by atoms with van der Waals surface area (Å²) in [6, 6.07) is 27.4. The van der Waals surface area contributed by atoms with Gasteiger partial charge in [0.15, 0.2) is 0 Å². The Bertz CT molecular complexity index is 1580. The van der Waals surface area contributed by atoms with Gasteiger partial charge in [0.2, 0.25) is 0 Å². The molecule has 0 N–H and O–H groups in total. The molecule has 0 radical (unpaired) electrons. The Hall–Kier alpha value is -3.55. The van der Waals surface area contributed by atoms with Crippen molar-refractivity contribution in [2.45, 2.75) is 88.3 Å². The molecule has 3 aliphatic heterocycles. The van der Waals surface area contributed by atoms with Gasteiger partial charge in [0.25, 0.3) is 0 Å². The maximum absolute atomic E-state index is 13.4. The molecule has 6 nitrogen and oxygen atoms in total. The molecule has 230 valence electrons. The van der Waals surface area contributed by atoms with Crippen LogP contribution in [0, 0.1) is 12.7 Å². The molecule has 0 saturated carbocycles. The fourth-order valence-corrected chi connectivity index (χ4v) is 8.36. The van der Waals surface area contributed by atoms with Crippen molar-refractivity contribution in [1.82, 2.24) is 19.5 Å². The number of hydroxylamine groups is 2. The van der Waals surface area contributed by atoms with E-state index in [9.17, 15) is 9.18 Å². The van der Waals surface area contributed by atoms with Crippen LogP contribution in [0.3, 0.4) is 0 Å². The first kappa shape index (κ1) is 29.2. The van der Waals surface area contributed by atoms with Crippen LogP contribution in [0.2, 0.25) is 0 Å². The van der Waals surface area contributed by atoms with E-state index in [1.165, 1.54) is 48.9 Å². The van der Waals surface area contributed by atoms with Crippen molar-refractivity contribution in [3.8, 4) is 0 Å². The number of halogens is 1. The summed E-state index contributed by atoms with van der Waals surface area (Å²) in [5.74, 6) is 0.0941. The zero-order chi connectivity index (χ0) is 30.3. The molecule has 3 fully saturated rings. The number of para-hydroxylation sites is 2. The molecular formula is C37H43FN4O2. The zero-order valence-electron chi connectivity index (χ0n) is 25.9. The third-order valence-corrected chi connectivity index (χ3v) is 10.9. The first-order chi connectivity index (χ1) is 21.4. The largest absolute Gasteiger partial charge is 0.367 e. The third-order valence-electron chi connectivity index (χ3n) is 10.9. The average Bonchev–Trinajstić information content (AvgIpc) is 3.51. The lowest BCUT2D eigenvalue weighted by molar-refractivity contribution is -0.199. The van der Waals surface area contributed by atoms with E-state index in [0.29, 0.717) is 31.2 Å². The molecule has 3 aromatic carbocycles. The molecule has 3 saturated heterocycles. The van der Waals surface area contributed by atoms with E-state index >= 15 is 0 Å². The Morgan fingerprint density at radius 3 is 2.30 bits per heavy atom. The second kappa shape index (κ2) is 12.1. The molecule has 7 rings (SSSR count). The minimum Gasteiger partial charge on any atom is -0.367 e. The van der Waals surface area contributed by atoms with Crippen molar-refractivity contribution in [3.63, 3.8) is 0 Å². The van der Waals surface area contributed by atoms with E-state index in [1.54, 1.807) is 12.1 Å². The van der Waals surface area contributed by atoms with Crippen molar-refractivity contribution < 1.29 is 14.0 Å². The Balaban J connectivity index is 1.01. The molecule has 0 aliphatic carbocycles. The Labute approximate surface area is 259 Å². The highest BCUT2D eigenvalue weighted by molar-refractivity contribution is 5.77. The van der Waals surface area contributed by atoms with Gasteiger partial charge >= 0.3 is 5.97 Å². The van der Waals surface area contributed by atoms with Crippen molar-refractivity contribution in [3.05, 3.63) is 102 Å². The number of carbonyl (C=O) groups is 1. The zero-order valence-corrected chi connectivity index (χ0v) is 25.9. The van der Waals surface area contributed by atoms with Gasteiger partial charge in [-0.2, -0.15) is 0 Å². The molecule has 44 heavy (non-hydrogen) atoms. The smallest absolute Gasteiger partial charge is 0.332 e. The van der Waals surface area contributed by atoms with Crippen LogP contribution < -0.4 is 0 Å². The number of carbonyl (C=O) groups excluding carboxylic acids is 1. The highest BCUT2D eigenvalue weighted by Gasteiger charge is 2.44. The van der Waals surface area contributed by atoms with E-state index in [2.05, 4.69) is 71.0 Å². The predicted octanol–water partition coefficient (Wildman–Crippen LogP) is 7.34. The number of hydrogen-bond acceptors (Lipinski definition) is 5. The van der Waals surface area contributed by atoms with Gasteiger partial charge in [-0.05, 0) is 106 Å². The lowest BCUT2D eigenvalue weighted by Gasteiger charge is -2.45. The number of imidazole rings is 1. The van der Waals surface area contributed by atoms with Gasteiger partial charge in [-0.1, -0.05) is 54.6 Å². The number of aromatic nitrogens is 2. The molecule has 4 heterocycles. The van der Waals surface area contributed by atoms with Crippen molar-refractivity contribution in [1.29, 1.82) is 0 Å². The van der Waals surface area contributed by atoms with E-state index in [-0.39, 0.29) is 17.2 Å². The van der Waals surface area contributed by atoms with Crippen molar-refractivity contribution in [2.75, 3.05) is 19.6 Å². The SMILES string of the molecule is Cc1nc2ccccc2n1C1CC2CCC(C1)N2CCC1(c2ccccc2)CCN(OC(=O)C(C)c2ccc(F)cc2)CC1.